The monoisotopic (exact) mass is 289 g/mol. The SMILES string of the molecule is CC[CH]C(=O)Oc1c(C(C)C)cc(C(C)C)cc1C(C)C. The van der Waals surface area contributed by atoms with E-state index in [0.717, 1.165) is 16.9 Å². The molecule has 2 heteroatoms. The molecular formula is C19H29O2. The topological polar surface area (TPSA) is 26.3 Å². The van der Waals surface area contributed by atoms with E-state index in [4.69, 9.17) is 4.74 Å². The third kappa shape index (κ3) is 4.59. The smallest absolute Gasteiger partial charge is 0.315 e. The lowest BCUT2D eigenvalue weighted by Gasteiger charge is -2.22. The number of benzene rings is 1. The Hall–Kier alpha value is -1.31. The summed E-state index contributed by atoms with van der Waals surface area (Å²) in [4.78, 5) is 11.9. The second-order valence-corrected chi connectivity index (χ2v) is 6.53. The van der Waals surface area contributed by atoms with Gasteiger partial charge in [-0.2, -0.15) is 0 Å². The number of esters is 1. The first kappa shape index (κ1) is 17.7. The van der Waals surface area contributed by atoms with Gasteiger partial charge in [0.05, 0.1) is 6.42 Å². The fourth-order valence-electron chi connectivity index (χ4n) is 2.32. The van der Waals surface area contributed by atoms with Crippen LogP contribution in [-0.4, -0.2) is 5.97 Å². The Balaban J connectivity index is 3.39. The van der Waals surface area contributed by atoms with Crippen LogP contribution >= 0.6 is 0 Å². The first-order valence-electron chi connectivity index (χ1n) is 8.00. The highest BCUT2D eigenvalue weighted by molar-refractivity contribution is 5.81. The summed E-state index contributed by atoms with van der Waals surface area (Å²) < 4.78 is 5.68. The normalized spacial score (nSPS) is 11.5. The summed E-state index contributed by atoms with van der Waals surface area (Å²) in [7, 11) is 0. The fourth-order valence-corrected chi connectivity index (χ4v) is 2.32. The summed E-state index contributed by atoms with van der Waals surface area (Å²) in [6.45, 7) is 14.9. The molecule has 2 nitrogen and oxygen atoms in total. The molecule has 0 N–H and O–H groups in total. The van der Waals surface area contributed by atoms with Crippen molar-refractivity contribution in [1.29, 1.82) is 0 Å². The van der Waals surface area contributed by atoms with Gasteiger partial charge in [-0.1, -0.05) is 60.6 Å². The number of carbonyl (C=O) groups is 1. The van der Waals surface area contributed by atoms with Gasteiger partial charge in [-0.25, -0.2) is 0 Å². The third-order valence-electron chi connectivity index (χ3n) is 3.65. The molecular weight excluding hydrogens is 260 g/mol. The summed E-state index contributed by atoms with van der Waals surface area (Å²) in [5, 5.41) is 0. The van der Waals surface area contributed by atoms with Gasteiger partial charge in [0, 0.05) is 0 Å². The van der Waals surface area contributed by atoms with Gasteiger partial charge in [0.1, 0.15) is 5.75 Å². The van der Waals surface area contributed by atoms with Crippen LogP contribution in [0, 0.1) is 6.42 Å². The predicted molar refractivity (Wildman–Crippen MR) is 88.9 cm³/mol. The van der Waals surface area contributed by atoms with E-state index in [0.29, 0.717) is 24.2 Å². The van der Waals surface area contributed by atoms with Gasteiger partial charge in [0.2, 0.25) is 0 Å². The summed E-state index contributed by atoms with van der Waals surface area (Å²) in [6.07, 6.45) is 2.28. The Labute approximate surface area is 129 Å². The Kier molecular flexibility index (Phi) is 6.44. The van der Waals surface area contributed by atoms with Crippen LogP contribution in [0.4, 0.5) is 0 Å². The van der Waals surface area contributed by atoms with E-state index in [-0.39, 0.29) is 5.97 Å². The predicted octanol–water partition coefficient (Wildman–Crippen LogP) is 5.58. The molecule has 1 rings (SSSR count). The number of hydrogen-bond acceptors (Lipinski definition) is 2. The lowest BCUT2D eigenvalue weighted by Crippen LogP contribution is -2.13. The molecule has 117 valence electrons. The van der Waals surface area contributed by atoms with Crippen molar-refractivity contribution in [3.8, 4) is 5.75 Å². The lowest BCUT2D eigenvalue weighted by molar-refractivity contribution is -0.130. The van der Waals surface area contributed by atoms with Crippen molar-refractivity contribution >= 4 is 5.97 Å². The lowest BCUT2D eigenvalue weighted by atomic mass is 9.88. The molecule has 0 aliphatic heterocycles. The molecule has 0 aliphatic carbocycles. The van der Waals surface area contributed by atoms with E-state index in [1.165, 1.54) is 5.56 Å². The molecule has 0 saturated carbocycles. The minimum Gasteiger partial charge on any atom is -0.426 e. The maximum absolute atomic E-state index is 11.9. The van der Waals surface area contributed by atoms with Gasteiger partial charge in [-0.3, -0.25) is 4.79 Å². The van der Waals surface area contributed by atoms with Crippen molar-refractivity contribution in [2.75, 3.05) is 0 Å². The Morgan fingerprint density at radius 3 is 1.81 bits per heavy atom. The molecule has 1 aromatic carbocycles. The zero-order valence-electron chi connectivity index (χ0n) is 14.5. The Morgan fingerprint density at radius 2 is 1.48 bits per heavy atom. The highest BCUT2D eigenvalue weighted by atomic mass is 16.5. The molecule has 0 saturated heterocycles. The fraction of sp³-hybridized carbons (Fsp3) is 0.579. The van der Waals surface area contributed by atoms with Crippen molar-refractivity contribution < 1.29 is 9.53 Å². The average molecular weight is 289 g/mol. The molecule has 0 unspecified atom stereocenters. The quantitative estimate of drug-likeness (QED) is 0.505. The minimum atomic E-state index is -0.251. The van der Waals surface area contributed by atoms with Crippen molar-refractivity contribution in [2.24, 2.45) is 0 Å². The van der Waals surface area contributed by atoms with Gasteiger partial charge in [0.25, 0.3) is 0 Å². The first-order chi connectivity index (χ1) is 9.77. The Morgan fingerprint density at radius 1 is 1.00 bits per heavy atom. The standard InChI is InChI=1S/C19H29O2/c1-8-9-18(20)21-19-16(13(4)5)10-15(12(2)3)11-17(19)14(6)7/h9-14H,8H2,1-7H3. The highest BCUT2D eigenvalue weighted by Gasteiger charge is 2.20. The van der Waals surface area contributed by atoms with Gasteiger partial charge in [-0.15, -0.1) is 0 Å². The summed E-state index contributed by atoms with van der Waals surface area (Å²) in [5.74, 6) is 1.63. The van der Waals surface area contributed by atoms with E-state index < -0.39 is 0 Å². The number of carbonyl (C=O) groups excluding carboxylic acids is 1. The minimum absolute atomic E-state index is 0.251. The number of rotatable bonds is 6. The van der Waals surface area contributed by atoms with Crippen molar-refractivity contribution in [3.63, 3.8) is 0 Å². The van der Waals surface area contributed by atoms with E-state index in [1.807, 2.05) is 6.92 Å². The van der Waals surface area contributed by atoms with Crippen LogP contribution < -0.4 is 4.74 Å². The third-order valence-corrected chi connectivity index (χ3v) is 3.65. The van der Waals surface area contributed by atoms with Crippen LogP contribution in [0.5, 0.6) is 5.75 Å². The highest BCUT2D eigenvalue weighted by Crippen LogP contribution is 2.37. The molecule has 0 aromatic heterocycles. The second kappa shape index (κ2) is 7.63. The molecule has 0 amide bonds. The van der Waals surface area contributed by atoms with Crippen molar-refractivity contribution in [1.82, 2.24) is 0 Å². The van der Waals surface area contributed by atoms with Crippen LogP contribution in [0.25, 0.3) is 0 Å². The Bertz CT molecular complexity index is 455. The van der Waals surface area contributed by atoms with Gasteiger partial charge in [-0.05, 0) is 40.9 Å². The van der Waals surface area contributed by atoms with E-state index in [2.05, 4.69) is 53.7 Å². The van der Waals surface area contributed by atoms with Crippen LogP contribution in [0.1, 0.15) is 89.3 Å². The van der Waals surface area contributed by atoms with E-state index >= 15 is 0 Å². The van der Waals surface area contributed by atoms with Gasteiger partial charge < -0.3 is 4.74 Å². The van der Waals surface area contributed by atoms with E-state index in [9.17, 15) is 4.79 Å². The summed E-state index contributed by atoms with van der Waals surface area (Å²) in [6, 6.07) is 4.38. The molecule has 21 heavy (non-hydrogen) atoms. The average Bonchev–Trinajstić information content (AvgIpc) is 2.37. The number of hydrogen-bond donors (Lipinski definition) is 0. The van der Waals surface area contributed by atoms with Crippen molar-refractivity contribution in [2.45, 2.75) is 72.6 Å². The zero-order valence-corrected chi connectivity index (χ0v) is 14.5. The van der Waals surface area contributed by atoms with Crippen molar-refractivity contribution in [3.05, 3.63) is 35.2 Å². The van der Waals surface area contributed by atoms with Gasteiger partial charge in [0.15, 0.2) is 0 Å². The van der Waals surface area contributed by atoms with Crippen LogP contribution in [-0.2, 0) is 4.79 Å². The molecule has 1 radical (unpaired) electrons. The molecule has 0 bridgehead atoms. The maximum Gasteiger partial charge on any atom is 0.315 e. The van der Waals surface area contributed by atoms with E-state index in [1.54, 1.807) is 6.42 Å². The van der Waals surface area contributed by atoms with Gasteiger partial charge >= 0.3 is 5.97 Å². The largest absolute Gasteiger partial charge is 0.426 e. The maximum atomic E-state index is 11.9. The van der Waals surface area contributed by atoms with Crippen LogP contribution in [0.3, 0.4) is 0 Å². The summed E-state index contributed by atoms with van der Waals surface area (Å²) >= 11 is 0. The molecule has 0 heterocycles. The number of ether oxygens (including phenoxy) is 1. The zero-order chi connectivity index (χ0) is 16.2. The summed E-state index contributed by atoms with van der Waals surface area (Å²) in [5.41, 5.74) is 3.56. The molecule has 0 spiro atoms. The first-order valence-corrected chi connectivity index (χ1v) is 8.00. The second-order valence-electron chi connectivity index (χ2n) is 6.53. The molecule has 1 aromatic rings. The van der Waals surface area contributed by atoms with Crippen LogP contribution in [0.2, 0.25) is 0 Å². The molecule has 0 fully saturated rings. The molecule has 0 aliphatic rings. The van der Waals surface area contributed by atoms with Crippen LogP contribution in [0.15, 0.2) is 12.1 Å². The molecule has 0 atom stereocenters.